The number of nitriles is 1. The number of carbonyl (C=O) groups is 1. The highest BCUT2D eigenvalue weighted by atomic mass is 19.1. The van der Waals surface area contributed by atoms with E-state index in [0.717, 1.165) is 0 Å². The molecule has 140 valence electrons. The molecular formula is C21H18FN5O. The van der Waals surface area contributed by atoms with E-state index in [4.69, 9.17) is 5.26 Å². The molecule has 1 amide bonds. The molecule has 0 aliphatic carbocycles. The summed E-state index contributed by atoms with van der Waals surface area (Å²) >= 11 is 0. The van der Waals surface area contributed by atoms with Crippen LogP contribution < -0.4 is 10.6 Å². The third kappa shape index (κ3) is 4.68. The van der Waals surface area contributed by atoms with Crippen molar-refractivity contribution in [2.75, 3.05) is 17.2 Å². The summed E-state index contributed by atoms with van der Waals surface area (Å²) < 4.78 is 13.7. The molecule has 3 aromatic rings. The zero-order valence-electron chi connectivity index (χ0n) is 15.2. The topological polar surface area (TPSA) is 90.7 Å². The van der Waals surface area contributed by atoms with E-state index >= 15 is 0 Å². The molecule has 0 spiro atoms. The number of rotatable bonds is 6. The van der Waals surface area contributed by atoms with Crippen molar-refractivity contribution in [3.63, 3.8) is 0 Å². The van der Waals surface area contributed by atoms with Crippen LogP contribution in [0.25, 0.3) is 0 Å². The Morgan fingerprint density at radius 3 is 2.68 bits per heavy atom. The van der Waals surface area contributed by atoms with Gasteiger partial charge in [0.2, 0.25) is 5.95 Å². The van der Waals surface area contributed by atoms with E-state index in [1.54, 1.807) is 55.5 Å². The van der Waals surface area contributed by atoms with Crippen LogP contribution in [-0.2, 0) is 6.42 Å². The van der Waals surface area contributed by atoms with Gasteiger partial charge in [-0.25, -0.2) is 14.4 Å². The summed E-state index contributed by atoms with van der Waals surface area (Å²) in [4.78, 5) is 21.0. The van der Waals surface area contributed by atoms with Crippen LogP contribution in [0.1, 0.15) is 27.3 Å². The second kappa shape index (κ2) is 8.73. The first-order valence-corrected chi connectivity index (χ1v) is 8.70. The second-order valence-electron chi connectivity index (χ2n) is 6.10. The molecule has 3 rings (SSSR count). The van der Waals surface area contributed by atoms with Crippen molar-refractivity contribution in [2.45, 2.75) is 13.3 Å². The lowest BCUT2D eigenvalue weighted by Crippen LogP contribution is -2.17. The number of nitrogens with zero attached hydrogens (tertiary/aromatic N) is 3. The van der Waals surface area contributed by atoms with E-state index in [2.05, 4.69) is 20.6 Å². The molecule has 2 N–H and O–H groups in total. The van der Waals surface area contributed by atoms with Gasteiger partial charge in [0, 0.05) is 12.2 Å². The fourth-order valence-electron chi connectivity index (χ4n) is 2.65. The Bertz CT molecular complexity index is 1040. The molecule has 0 radical (unpaired) electrons. The first kappa shape index (κ1) is 19.0. The molecule has 0 fully saturated rings. The number of benzene rings is 2. The standard InChI is InChI=1S/C21H18FN5O/c1-14-12-19(20(28)26-18-9-5-3-7-16(18)13-23)27-21(25-14)24-11-10-15-6-2-4-8-17(15)22/h2-9,12H,10-11H2,1H3,(H,26,28)(H,24,25,27). The summed E-state index contributed by atoms with van der Waals surface area (Å²) in [5.74, 6) is -0.411. The molecule has 0 atom stereocenters. The summed E-state index contributed by atoms with van der Waals surface area (Å²) in [7, 11) is 0. The third-order valence-corrected chi connectivity index (χ3v) is 4.02. The van der Waals surface area contributed by atoms with E-state index in [0.29, 0.717) is 35.5 Å². The molecule has 0 saturated carbocycles. The van der Waals surface area contributed by atoms with Gasteiger partial charge in [-0.3, -0.25) is 4.79 Å². The maximum Gasteiger partial charge on any atom is 0.274 e. The van der Waals surface area contributed by atoms with Crippen molar-refractivity contribution in [3.8, 4) is 6.07 Å². The zero-order valence-corrected chi connectivity index (χ0v) is 15.2. The highest BCUT2D eigenvalue weighted by Crippen LogP contribution is 2.15. The van der Waals surface area contributed by atoms with Crippen molar-refractivity contribution in [3.05, 3.63) is 82.9 Å². The molecule has 0 aliphatic rings. The second-order valence-corrected chi connectivity index (χ2v) is 6.10. The Kier molecular flexibility index (Phi) is 5.92. The van der Waals surface area contributed by atoms with Gasteiger partial charge in [0.25, 0.3) is 5.91 Å². The van der Waals surface area contributed by atoms with E-state index < -0.39 is 5.91 Å². The molecule has 0 saturated heterocycles. The van der Waals surface area contributed by atoms with Crippen molar-refractivity contribution in [2.24, 2.45) is 0 Å². The number of aromatic nitrogens is 2. The monoisotopic (exact) mass is 375 g/mol. The molecule has 7 heteroatoms. The Morgan fingerprint density at radius 1 is 1.14 bits per heavy atom. The van der Waals surface area contributed by atoms with Crippen LogP contribution in [0, 0.1) is 24.1 Å². The average Bonchev–Trinajstić information content (AvgIpc) is 2.69. The van der Waals surface area contributed by atoms with Crippen LogP contribution in [0.15, 0.2) is 54.6 Å². The van der Waals surface area contributed by atoms with Crippen LogP contribution >= 0.6 is 0 Å². The fraction of sp³-hybridized carbons (Fsp3) is 0.143. The minimum Gasteiger partial charge on any atom is -0.354 e. The van der Waals surface area contributed by atoms with Gasteiger partial charge in [-0.15, -0.1) is 0 Å². The van der Waals surface area contributed by atoms with Crippen LogP contribution in [0.5, 0.6) is 0 Å². The van der Waals surface area contributed by atoms with Gasteiger partial charge in [-0.1, -0.05) is 30.3 Å². The van der Waals surface area contributed by atoms with E-state index in [9.17, 15) is 9.18 Å². The molecule has 6 nitrogen and oxygen atoms in total. The molecule has 0 bridgehead atoms. The molecule has 28 heavy (non-hydrogen) atoms. The number of anilines is 2. The summed E-state index contributed by atoms with van der Waals surface area (Å²) in [6.45, 7) is 2.17. The van der Waals surface area contributed by atoms with Gasteiger partial charge in [0.05, 0.1) is 11.3 Å². The first-order chi connectivity index (χ1) is 13.6. The largest absolute Gasteiger partial charge is 0.354 e. The van der Waals surface area contributed by atoms with Crippen LogP contribution in [0.4, 0.5) is 16.0 Å². The molecular weight excluding hydrogens is 357 g/mol. The van der Waals surface area contributed by atoms with E-state index in [1.807, 2.05) is 6.07 Å². The van der Waals surface area contributed by atoms with Gasteiger partial charge in [-0.05, 0) is 43.2 Å². The summed E-state index contributed by atoms with van der Waals surface area (Å²) in [6.07, 6.45) is 0.459. The normalized spacial score (nSPS) is 10.2. The highest BCUT2D eigenvalue weighted by Gasteiger charge is 2.13. The number of carbonyl (C=O) groups excluding carboxylic acids is 1. The number of aryl methyl sites for hydroxylation is 1. The van der Waals surface area contributed by atoms with Crippen molar-refractivity contribution in [1.82, 2.24) is 9.97 Å². The molecule has 2 aromatic carbocycles. The summed E-state index contributed by atoms with van der Waals surface area (Å²) in [6, 6.07) is 16.9. The number of hydrogen-bond acceptors (Lipinski definition) is 5. The Hall–Kier alpha value is -3.79. The number of hydrogen-bond donors (Lipinski definition) is 2. The Labute approximate surface area is 162 Å². The predicted octanol–water partition coefficient (Wildman–Crippen LogP) is 3.70. The Balaban J connectivity index is 1.69. The number of halogens is 1. The molecule has 1 heterocycles. The molecule has 0 unspecified atom stereocenters. The minimum absolute atomic E-state index is 0.175. The number of amides is 1. The lowest BCUT2D eigenvalue weighted by molar-refractivity contribution is 0.102. The predicted molar refractivity (Wildman–Crippen MR) is 104 cm³/mol. The van der Waals surface area contributed by atoms with Gasteiger partial charge in [0.1, 0.15) is 17.6 Å². The van der Waals surface area contributed by atoms with Gasteiger partial charge < -0.3 is 10.6 Å². The highest BCUT2D eigenvalue weighted by molar-refractivity contribution is 6.03. The minimum atomic E-state index is -0.439. The van der Waals surface area contributed by atoms with Crippen LogP contribution in [0.2, 0.25) is 0 Å². The van der Waals surface area contributed by atoms with Crippen LogP contribution in [-0.4, -0.2) is 22.4 Å². The fourth-order valence-corrected chi connectivity index (χ4v) is 2.65. The lowest BCUT2D eigenvalue weighted by atomic mass is 10.1. The Morgan fingerprint density at radius 2 is 1.89 bits per heavy atom. The average molecular weight is 375 g/mol. The SMILES string of the molecule is Cc1cc(C(=O)Nc2ccccc2C#N)nc(NCCc2ccccc2F)n1. The lowest BCUT2D eigenvalue weighted by Gasteiger charge is -2.10. The van der Waals surface area contributed by atoms with Crippen molar-refractivity contribution >= 4 is 17.5 Å². The third-order valence-electron chi connectivity index (χ3n) is 4.02. The molecule has 0 aliphatic heterocycles. The van der Waals surface area contributed by atoms with E-state index in [-0.39, 0.29) is 17.5 Å². The maximum absolute atomic E-state index is 13.7. The first-order valence-electron chi connectivity index (χ1n) is 8.70. The van der Waals surface area contributed by atoms with Crippen molar-refractivity contribution in [1.29, 1.82) is 5.26 Å². The maximum atomic E-state index is 13.7. The quantitative estimate of drug-likeness (QED) is 0.685. The van der Waals surface area contributed by atoms with Gasteiger partial charge in [-0.2, -0.15) is 5.26 Å². The summed E-state index contributed by atoms with van der Waals surface area (Å²) in [5, 5.41) is 14.9. The van der Waals surface area contributed by atoms with Crippen LogP contribution in [0.3, 0.4) is 0 Å². The number of para-hydroxylation sites is 1. The summed E-state index contributed by atoms with van der Waals surface area (Å²) in [5.41, 5.74) is 2.16. The van der Waals surface area contributed by atoms with Gasteiger partial charge in [0.15, 0.2) is 0 Å². The van der Waals surface area contributed by atoms with Gasteiger partial charge >= 0.3 is 0 Å². The zero-order chi connectivity index (χ0) is 19.9. The number of nitrogens with one attached hydrogen (secondary N) is 2. The molecule has 1 aromatic heterocycles. The van der Waals surface area contributed by atoms with E-state index in [1.165, 1.54) is 6.07 Å². The smallest absolute Gasteiger partial charge is 0.274 e. The van der Waals surface area contributed by atoms with Crippen molar-refractivity contribution < 1.29 is 9.18 Å².